The van der Waals surface area contributed by atoms with E-state index in [1.165, 1.54) is 0 Å². The number of morpholine rings is 1. The number of amides is 1. The molecule has 0 aliphatic carbocycles. The summed E-state index contributed by atoms with van der Waals surface area (Å²) in [7, 11) is -3.57. The molecule has 3 aliphatic rings. The molecule has 2 fully saturated rings. The van der Waals surface area contributed by atoms with E-state index >= 15 is 0 Å². The lowest BCUT2D eigenvalue weighted by Gasteiger charge is -2.34. The van der Waals surface area contributed by atoms with E-state index in [4.69, 9.17) is 9.84 Å². The predicted octanol–water partition coefficient (Wildman–Crippen LogP) is 1.84. The summed E-state index contributed by atoms with van der Waals surface area (Å²) in [5, 5.41) is 4.88. The molecule has 0 radical (unpaired) electrons. The first-order valence-corrected chi connectivity index (χ1v) is 14.1. The average Bonchev–Trinajstić information content (AvgIpc) is 3.56. The first-order valence-electron chi connectivity index (χ1n) is 12.5. The van der Waals surface area contributed by atoms with E-state index in [-0.39, 0.29) is 23.4 Å². The fourth-order valence-electron chi connectivity index (χ4n) is 5.55. The molecular formula is C25H30N6O4S. The van der Waals surface area contributed by atoms with Crippen molar-refractivity contribution >= 4 is 15.7 Å². The molecule has 10 nitrogen and oxygen atoms in total. The van der Waals surface area contributed by atoms with Crippen molar-refractivity contribution in [2.24, 2.45) is 0 Å². The molecular weight excluding hydrogens is 480 g/mol. The third kappa shape index (κ3) is 4.25. The van der Waals surface area contributed by atoms with E-state index in [0.29, 0.717) is 42.3 Å². The van der Waals surface area contributed by atoms with E-state index < -0.39 is 9.84 Å². The van der Waals surface area contributed by atoms with Gasteiger partial charge in [0.05, 0.1) is 41.9 Å². The van der Waals surface area contributed by atoms with Gasteiger partial charge in [-0.05, 0) is 25.5 Å². The number of likely N-dealkylation sites (tertiary alicyclic amines) is 1. The van der Waals surface area contributed by atoms with Crippen LogP contribution in [0.3, 0.4) is 0 Å². The van der Waals surface area contributed by atoms with Crippen molar-refractivity contribution in [3.05, 3.63) is 54.2 Å². The second kappa shape index (κ2) is 9.45. The summed E-state index contributed by atoms with van der Waals surface area (Å²) in [6.07, 6.45) is 7.51. The first-order chi connectivity index (χ1) is 17.5. The third-order valence-corrected chi connectivity index (χ3v) is 9.08. The van der Waals surface area contributed by atoms with Gasteiger partial charge >= 0.3 is 0 Å². The monoisotopic (exact) mass is 510 g/mol. The van der Waals surface area contributed by atoms with Crippen LogP contribution >= 0.6 is 0 Å². The summed E-state index contributed by atoms with van der Waals surface area (Å²) in [5.41, 5.74) is 2.21. The Labute approximate surface area is 210 Å². The number of benzene rings is 1. The van der Waals surface area contributed by atoms with Gasteiger partial charge in [0.2, 0.25) is 0 Å². The summed E-state index contributed by atoms with van der Waals surface area (Å²) in [5.74, 6) is -0.419. The van der Waals surface area contributed by atoms with E-state index in [1.807, 2.05) is 29.3 Å². The third-order valence-electron chi connectivity index (χ3n) is 7.38. The van der Waals surface area contributed by atoms with Crippen LogP contribution in [0.5, 0.6) is 0 Å². The summed E-state index contributed by atoms with van der Waals surface area (Å²) in [6.45, 7) is 5.45. The van der Waals surface area contributed by atoms with Crippen molar-refractivity contribution in [1.82, 2.24) is 29.1 Å². The highest BCUT2D eigenvalue weighted by atomic mass is 32.2. The molecule has 0 spiro atoms. The summed E-state index contributed by atoms with van der Waals surface area (Å²) in [6, 6.07) is 7.15. The maximum absolute atomic E-state index is 13.6. The molecule has 0 N–H and O–H groups in total. The van der Waals surface area contributed by atoms with Gasteiger partial charge in [0.25, 0.3) is 5.91 Å². The van der Waals surface area contributed by atoms with E-state index in [0.717, 1.165) is 44.7 Å². The first kappa shape index (κ1) is 23.4. The molecule has 0 saturated carbocycles. The highest BCUT2D eigenvalue weighted by Crippen LogP contribution is 2.41. The number of nitrogens with zero attached hydrogens (tertiary/aromatic N) is 6. The topological polar surface area (TPSA) is 103 Å². The standard InChI is InChI=1S/C25H30N6O4S/c32-25(30-12-14-35-15-13-30)23-21-17-36(33,34)22-6-2-1-5-20(22)24(21)31(27-23)19-4-3-8-28(16-19)10-11-29-9-7-26-18-29/h1-2,5-7,9,18-19H,3-4,8,10-17H2. The van der Waals surface area contributed by atoms with Crippen LogP contribution in [0, 0.1) is 0 Å². The highest BCUT2D eigenvalue weighted by molar-refractivity contribution is 7.90. The van der Waals surface area contributed by atoms with Crippen molar-refractivity contribution in [1.29, 1.82) is 0 Å². The fourth-order valence-corrected chi connectivity index (χ4v) is 7.15. The normalized spacial score (nSPS) is 21.7. The molecule has 190 valence electrons. The number of hydrogen-bond donors (Lipinski definition) is 0. The van der Waals surface area contributed by atoms with Gasteiger partial charge in [-0.1, -0.05) is 18.2 Å². The Bertz CT molecular complexity index is 1360. The van der Waals surface area contributed by atoms with Gasteiger partial charge in [0.15, 0.2) is 15.5 Å². The fraction of sp³-hybridized carbons (Fsp3) is 0.480. The maximum Gasteiger partial charge on any atom is 0.274 e. The highest BCUT2D eigenvalue weighted by Gasteiger charge is 2.38. The summed E-state index contributed by atoms with van der Waals surface area (Å²) < 4.78 is 35.9. The maximum atomic E-state index is 13.6. The number of carbonyl (C=O) groups excluding carboxylic acids is 1. The average molecular weight is 511 g/mol. The molecule has 6 rings (SSSR count). The van der Waals surface area contributed by atoms with Crippen molar-refractivity contribution in [3.8, 4) is 11.3 Å². The zero-order valence-electron chi connectivity index (χ0n) is 20.1. The van der Waals surface area contributed by atoms with Crippen LogP contribution in [0.2, 0.25) is 0 Å². The molecule has 1 unspecified atom stereocenters. The van der Waals surface area contributed by atoms with Gasteiger partial charge in [0, 0.05) is 56.2 Å². The minimum absolute atomic E-state index is 0.0513. The van der Waals surface area contributed by atoms with Gasteiger partial charge in [0.1, 0.15) is 0 Å². The molecule has 36 heavy (non-hydrogen) atoms. The van der Waals surface area contributed by atoms with E-state index in [2.05, 4.69) is 14.5 Å². The van der Waals surface area contributed by atoms with Gasteiger partial charge in [-0.3, -0.25) is 14.4 Å². The van der Waals surface area contributed by atoms with Crippen LogP contribution < -0.4 is 0 Å². The van der Waals surface area contributed by atoms with Gasteiger partial charge in [-0.25, -0.2) is 13.4 Å². The van der Waals surface area contributed by atoms with Crippen LogP contribution in [0.4, 0.5) is 0 Å². The molecule has 1 amide bonds. The van der Waals surface area contributed by atoms with Crippen molar-refractivity contribution in [3.63, 3.8) is 0 Å². The Morgan fingerprint density at radius 3 is 2.75 bits per heavy atom. The lowest BCUT2D eigenvalue weighted by Crippen LogP contribution is -2.41. The quantitative estimate of drug-likeness (QED) is 0.516. The smallest absolute Gasteiger partial charge is 0.274 e. The van der Waals surface area contributed by atoms with Gasteiger partial charge in [-0.2, -0.15) is 5.10 Å². The lowest BCUT2D eigenvalue weighted by molar-refractivity contribution is 0.0297. The molecule has 2 saturated heterocycles. The van der Waals surface area contributed by atoms with Crippen molar-refractivity contribution in [2.75, 3.05) is 45.9 Å². The molecule has 11 heteroatoms. The molecule has 5 heterocycles. The Morgan fingerprint density at radius 1 is 1.11 bits per heavy atom. The Morgan fingerprint density at radius 2 is 1.94 bits per heavy atom. The number of piperidine rings is 1. The number of sulfone groups is 1. The van der Waals surface area contributed by atoms with Crippen molar-refractivity contribution < 1.29 is 17.9 Å². The van der Waals surface area contributed by atoms with Crippen LogP contribution in [0.25, 0.3) is 11.3 Å². The summed E-state index contributed by atoms with van der Waals surface area (Å²) in [4.78, 5) is 22.1. The molecule has 2 aromatic heterocycles. The number of ether oxygens (including phenoxy) is 1. The van der Waals surface area contributed by atoms with E-state index in [9.17, 15) is 13.2 Å². The number of carbonyl (C=O) groups is 1. The number of hydrogen-bond acceptors (Lipinski definition) is 7. The number of aromatic nitrogens is 4. The minimum atomic E-state index is -3.57. The van der Waals surface area contributed by atoms with Crippen LogP contribution in [-0.4, -0.2) is 89.4 Å². The van der Waals surface area contributed by atoms with Gasteiger partial charge < -0.3 is 14.2 Å². The Kier molecular flexibility index (Phi) is 6.14. The number of imidazole rings is 1. The van der Waals surface area contributed by atoms with Crippen LogP contribution in [0.15, 0.2) is 47.9 Å². The van der Waals surface area contributed by atoms with Crippen LogP contribution in [-0.2, 0) is 26.9 Å². The molecule has 1 atom stereocenters. The largest absolute Gasteiger partial charge is 0.378 e. The zero-order chi connectivity index (χ0) is 24.7. The number of fused-ring (bicyclic) bond motifs is 3. The van der Waals surface area contributed by atoms with Gasteiger partial charge in [-0.15, -0.1) is 0 Å². The molecule has 0 bridgehead atoms. The SMILES string of the molecule is O=C(c1nn(C2CCCN(CCn3ccnc3)C2)c2c1CS(=O)(=O)c1ccccc1-2)N1CCOCC1. The Balaban J connectivity index is 1.38. The molecule has 3 aromatic rings. The number of rotatable bonds is 5. The lowest BCUT2D eigenvalue weighted by atomic mass is 10.0. The van der Waals surface area contributed by atoms with Crippen LogP contribution in [0.1, 0.15) is 34.9 Å². The molecule has 3 aliphatic heterocycles. The summed E-state index contributed by atoms with van der Waals surface area (Å²) >= 11 is 0. The van der Waals surface area contributed by atoms with E-state index in [1.54, 1.807) is 23.2 Å². The second-order valence-corrected chi connectivity index (χ2v) is 11.6. The predicted molar refractivity (Wildman–Crippen MR) is 132 cm³/mol. The second-order valence-electron chi connectivity index (χ2n) is 9.68. The molecule has 1 aromatic carbocycles. The Hall–Kier alpha value is -3.02. The minimum Gasteiger partial charge on any atom is -0.378 e. The zero-order valence-corrected chi connectivity index (χ0v) is 20.9. The van der Waals surface area contributed by atoms with Crippen molar-refractivity contribution in [2.45, 2.75) is 36.1 Å².